The van der Waals surface area contributed by atoms with E-state index in [1.54, 1.807) is 0 Å². The molecule has 7 heteroatoms. The number of nitriles is 1. The van der Waals surface area contributed by atoms with E-state index in [4.69, 9.17) is 16.9 Å². The highest BCUT2D eigenvalue weighted by molar-refractivity contribution is 7.89. The average molecular weight is 301 g/mol. The van der Waals surface area contributed by atoms with Crippen LogP contribution in [-0.4, -0.2) is 25.7 Å². The van der Waals surface area contributed by atoms with Gasteiger partial charge in [-0.05, 0) is 37.5 Å². The molecule has 0 atom stereocenters. The van der Waals surface area contributed by atoms with E-state index in [2.05, 4.69) is 4.72 Å². The van der Waals surface area contributed by atoms with E-state index in [-0.39, 0.29) is 16.5 Å². The van der Waals surface area contributed by atoms with E-state index in [9.17, 15) is 13.5 Å². The molecule has 1 aromatic rings. The minimum Gasteiger partial charge on any atom is -0.389 e. The molecule has 1 saturated carbocycles. The number of sulfonamides is 1. The Balaban J connectivity index is 2.17. The Kier molecular flexibility index (Phi) is 3.83. The minimum absolute atomic E-state index is 0.00727. The van der Waals surface area contributed by atoms with Crippen LogP contribution in [0.15, 0.2) is 23.1 Å². The molecule has 0 amide bonds. The van der Waals surface area contributed by atoms with Gasteiger partial charge >= 0.3 is 0 Å². The van der Waals surface area contributed by atoms with Gasteiger partial charge in [0.25, 0.3) is 0 Å². The molecule has 1 fully saturated rings. The van der Waals surface area contributed by atoms with Crippen molar-refractivity contribution < 1.29 is 13.5 Å². The predicted molar refractivity (Wildman–Crippen MR) is 70.2 cm³/mol. The Labute approximate surface area is 116 Å². The van der Waals surface area contributed by atoms with Crippen molar-refractivity contribution in [2.75, 3.05) is 6.54 Å². The highest BCUT2D eigenvalue weighted by Gasteiger charge is 2.35. The summed E-state index contributed by atoms with van der Waals surface area (Å²) in [5.74, 6) is 0. The Morgan fingerprint density at radius 1 is 1.47 bits per heavy atom. The van der Waals surface area contributed by atoms with Gasteiger partial charge in [-0.15, -0.1) is 0 Å². The van der Waals surface area contributed by atoms with E-state index in [0.717, 1.165) is 6.42 Å². The molecule has 0 spiro atoms. The Hall–Kier alpha value is -1.13. The third-order valence-electron chi connectivity index (χ3n) is 3.23. The zero-order valence-corrected chi connectivity index (χ0v) is 11.6. The molecule has 102 valence electrons. The first-order chi connectivity index (χ1) is 8.86. The maximum Gasteiger partial charge on any atom is 0.242 e. The SMILES string of the molecule is N#Cc1ccc(S(=O)(=O)NCC2(O)CCC2)c(Cl)c1. The van der Waals surface area contributed by atoms with E-state index in [1.807, 2.05) is 6.07 Å². The molecule has 1 aliphatic rings. The Morgan fingerprint density at radius 2 is 2.16 bits per heavy atom. The maximum absolute atomic E-state index is 12.0. The molecule has 5 nitrogen and oxygen atoms in total. The summed E-state index contributed by atoms with van der Waals surface area (Å²) in [6.07, 6.45) is 2.09. The van der Waals surface area contributed by atoms with Gasteiger partial charge in [-0.25, -0.2) is 13.1 Å². The summed E-state index contributed by atoms with van der Waals surface area (Å²) >= 11 is 5.86. The molecule has 0 radical (unpaired) electrons. The van der Waals surface area contributed by atoms with Crippen LogP contribution in [0.1, 0.15) is 24.8 Å². The third-order valence-corrected chi connectivity index (χ3v) is 5.11. The van der Waals surface area contributed by atoms with Crippen molar-refractivity contribution in [2.24, 2.45) is 0 Å². The lowest BCUT2D eigenvalue weighted by Gasteiger charge is -2.36. The van der Waals surface area contributed by atoms with Crippen molar-refractivity contribution in [3.8, 4) is 6.07 Å². The molecule has 0 saturated heterocycles. The molecule has 2 rings (SSSR count). The van der Waals surface area contributed by atoms with Crippen molar-refractivity contribution in [3.05, 3.63) is 28.8 Å². The van der Waals surface area contributed by atoms with Crippen molar-refractivity contribution >= 4 is 21.6 Å². The highest BCUT2D eigenvalue weighted by atomic mass is 35.5. The van der Waals surface area contributed by atoms with Gasteiger partial charge in [-0.2, -0.15) is 5.26 Å². The van der Waals surface area contributed by atoms with Gasteiger partial charge in [0, 0.05) is 6.54 Å². The number of nitrogens with one attached hydrogen (secondary N) is 1. The smallest absolute Gasteiger partial charge is 0.242 e. The van der Waals surface area contributed by atoms with Gasteiger partial charge in [0.2, 0.25) is 10.0 Å². The van der Waals surface area contributed by atoms with E-state index in [0.29, 0.717) is 18.4 Å². The number of hydrogen-bond donors (Lipinski definition) is 2. The lowest BCUT2D eigenvalue weighted by molar-refractivity contribution is -0.0270. The Morgan fingerprint density at radius 3 is 2.63 bits per heavy atom. The molecule has 0 bridgehead atoms. The first kappa shape index (κ1) is 14.3. The molecule has 0 aliphatic heterocycles. The number of halogens is 1. The van der Waals surface area contributed by atoms with Gasteiger partial charge in [-0.3, -0.25) is 0 Å². The van der Waals surface area contributed by atoms with Crippen molar-refractivity contribution in [3.63, 3.8) is 0 Å². The summed E-state index contributed by atoms with van der Waals surface area (Å²) in [5.41, 5.74) is -0.645. The van der Waals surface area contributed by atoms with Crippen LogP contribution in [0.25, 0.3) is 0 Å². The number of aliphatic hydroxyl groups is 1. The fraction of sp³-hybridized carbons (Fsp3) is 0.417. The summed E-state index contributed by atoms with van der Waals surface area (Å²) < 4.78 is 26.5. The zero-order chi connectivity index (χ0) is 14.1. The van der Waals surface area contributed by atoms with E-state index >= 15 is 0 Å². The van der Waals surface area contributed by atoms with Crippen molar-refractivity contribution in [1.29, 1.82) is 5.26 Å². The quantitative estimate of drug-likeness (QED) is 0.879. The largest absolute Gasteiger partial charge is 0.389 e. The van der Waals surface area contributed by atoms with E-state index in [1.165, 1.54) is 18.2 Å². The molecule has 19 heavy (non-hydrogen) atoms. The zero-order valence-electron chi connectivity index (χ0n) is 10.1. The lowest BCUT2D eigenvalue weighted by Crippen LogP contribution is -2.47. The number of benzene rings is 1. The van der Waals surface area contributed by atoms with Gasteiger partial charge in [0.15, 0.2) is 0 Å². The highest BCUT2D eigenvalue weighted by Crippen LogP contribution is 2.31. The summed E-state index contributed by atoms with van der Waals surface area (Å²) in [6, 6.07) is 5.85. The van der Waals surface area contributed by atoms with Crippen molar-refractivity contribution in [1.82, 2.24) is 4.72 Å². The average Bonchev–Trinajstić information content (AvgIpc) is 2.33. The molecule has 0 heterocycles. The number of hydrogen-bond acceptors (Lipinski definition) is 4. The molecule has 0 unspecified atom stereocenters. The first-order valence-electron chi connectivity index (χ1n) is 5.78. The predicted octanol–water partition coefficient (Wildman–Crippen LogP) is 1.40. The molecular formula is C12H13ClN2O3S. The molecule has 0 aromatic heterocycles. The summed E-state index contributed by atoms with van der Waals surface area (Å²) in [4.78, 5) is -0.0870. The number of rotatable bonds is 4. The van der Waals surface area contributed by atoms with Crippen LogP contribution in [0.2, 0.25) is 5.02 Å². The Bertz CT molecular complexity index is 633. The van der Waals surface area contributed by atoms with Gasteiger partial charge in [0.05, 0.1) is 22.3 Å². The standard InChI is InChI=1S/C12H13ClN2O3S/c13-10-6-9(7-14)2-3-11(10)19(17,18)15-8-12(16)4-1-5-12/h2-3,6,15-16H,1,4-5,8H2. The molecular weight excluding hydrogens is 288 g/mol. The summed E-state index contributed by atoms with van der Waals surface area (Å²) in [6.45, 7) is -0.0222. The number of nitrogens with zero attached hydrogens (tertiary/aromatic N) is 1. The fourth-order valence-corrected chi connectivity index (χ4v) is 3.52. The minimum atomic E-state index is -3.78. The van der Waals surface area contributed by atoms with Crippen LogP contribution < -0.4 is 4.72 Å². The van der Waals surface area contributed by atoms with Crippen molar-refractivity contribution in [2.45, 2.75) is 29.8 Å². The van der Waals surface area contributed by atoms with Gasteiger partial charge in [0.1, 0.15) is 4.90 Å². The molecule has 1 aromatic carbocycles. The maximum atomic E-state index is 12.0. The summed E-state index contributed by atoms with van der Waals surface area (Å²) in [5, 5.41) is 18.6. The fourth-order valence-electron chi connectivity index (χ4n) is 1.86. The van der Waals surface area contributed by atoms with Crippen LogP contribution in [0.5, 0.6) is 0 Å². The van der Waals surface area contributed by atoms with E-state index < -0.39 is 15.6 Å². The second-order valence-electron chi connectivity index (χ2n) is 4.66. The topological polar surface area (TPSA) is 90.2 Å². The second-order valence-corrected chi connectivity index (χ2v) is 6.80. The van der Waals surface area contributed by atoms with Crippen LogP contribution in [-0.2, 0) is 10.0 Å². The van der Waals surface area contributed by atoms with Crippen LogP contribution >= 0.6 is 11.6 Å². The van der Waals surface area contributed by atoms with Crippen LogP contribution in [0, 0.1) is 11.3 Å². The summed E-state index contributed by atoms with van der Waals surface area (Å²) in [7, 11) is -3.78. The normalized spacial score (nSPS) is 17.5. The van der Waals surface area contributed by atoms with Gasteiger partial charge in [-0.1, -0.05) is 11.6 Å². The third kappa shape index (κ3) is 3.07. The second kappa shape index (κ2) is 5.10. The molecule has 1 aliphatic carbocycles. The molecule has 2 N–H and O–H groups in total. The van der Waals surface area contributed by atoms with Crippen LogP contribution in [0.3, 0.4) is 0 Å². The van der Waals surface area contributed by atoms with Crippen LogP contribution in [0.4, 0.5) is 0 Å². The lowest BCUT2D eigenvalue weighted by atomic mass is 9.81. The first-order valence-corrected chi connectivity index (χ1v) is 7.64. The van der Waals surface area contributed by atoms with Gasteiger partial charge < -0.3 is 5.11 Å². The monoisotopic (exact) mass is 300 g/mol.